The first kappa shape index (κ1) is 25.6. The maximum Gasteiger partial charge on any atom is 0.270 e. The van der Waals surface area contributed by atoms with Gasteiger partial charge < -0.3 is 15.1 Å². The molecular weight excluding hydrogens is 414 g/mol. The van der Waals surface area contributed by atoms with Crippen LogP contribution in [-0.2, 0) is 10.2 Å². The third-order valence-corrected chi connectivity index (χ3v) is 7.41. The molecule has 4 atom stereocenters. The van der Waals surface area contributed by atoms with Crippen LogP contribution >= 0.6 is 0 Å². The molecule has 33 heavy (non-hydrogen) atoms. The highest BCUT2D eigenvalue weighted by molar-refractivity contribution is 5.96. The predicted octanol–water partition coefficient (Wildman–Crippen LogP) is 3.78. The Balaban J connectivity index is 1.66. The Hall–Kier alpha value is -2.02. The van der Waals surface area contributed by atoms with Crippen molar-refractivity contribution in [1.29, 1.82) is 0 Å². The Morgan fingerprint density at radius 3 is 2.55 bits per heavy atom. The van der Waals surface area contributed by atoms with Crippen LogP contribution in [0.5, 0.6) is 0 Å². The van der Waals surface area contributed by atoms with Crippen LogP contribution in [0, 0.1) is 5.92 Å². The first-order chi connectivity index (χ1) is 15.7. The van der Waals surface area contributed by atoms with Gasteiger partial charge >= 0.3 is 0 Å². The van der Waals surface area contributed by atoms with Crippen LogP contribution in [0.15, 0.2) is 12.3 Å². The summed E-state index contributed by atoms with van der Waals surface area (Å²) in [6.45, 7) is 15.7. The van der Waals surface area contributed by atoms with Crippen molar-refractivity contribution in [3.05, 3.63) is 23.8 Å². The topological polar surface area (TPSA) is 78.4 Å². The van der Waals surface area contributed by atoms with E-state index in [1.54, 1.807) is 12.3 Å². The Morgan fingerprint density at radius 2 is 1.91 bits per heavy atom. The molecule has 2 fully saturated rings. The lowest BCUT2D eigenvalue weighted by Crippen LogP contribution is -2.51. The monoisotopic (exact) mass is 457 g/mol. The second-order valence-electron chi connectivity index (χ2n) is 10.7. The summed E-state index contributed by atoms with van der Waals surface area (Å²) in [5, 5.41) is 2.96. The first-order valence-corrected chi connectivity index (χ1v) is 12.9. The normalized spacial score (nSPS) is 26.2. The van der Waals surface area contributed by atoms with Gasteiger partial charge in [-0.05, 0) is 57.2 Å². The Bertz CT molecular complexity index is 817. The van der Waals surface area contributed by atoms with Crippen LogP contribution in [0.4, 0.5) is 0 Å². The van der Waals surface area contributed by atoms with Crippen molar-refractivity contribution in [2.45, 2.75) is 104 Å². The summed E-state index contributed by atoms with van der Waals surface area (Å²) in [4.78, 5) is 39.6. The van der Waals surface area contributed by atoms with Gasteiger partial charge in [-0.3, -0.25) is 9.59 Å². The predicted molar refractivity (Wildman–Crippen MR) is 131 cm³/mol. The second-order valence-corrected chi connectivity index (χ2v) is 10.7. The van der Waals surface area contributed by atoms with E-state index in [2.05, 4.69) is 45.9 Å². The Kier molecular flexibility index (Phi) is 8.48. The van der Waals surface area contributed by atoms with Crippen LogP contribution in [0.25, 0.3) is 0 Å². The van der Waals surface area contributed by atoms with Gasteiger partial charge in [0.15, 0.2) is 0 Å². The number of likely N-dealkylation sites (tertiary alicyclic amines) is 1. The minimum Gasteiger partial charge on any atom is -0.339 e. The maximum absolute atomic E-state index is 13.3. The van der Waals surface area contributed by atoms with E-state index in [4.69, 9.17) is 0 Å². The van der Waals surface area contributed by atoms with Gasteiger partial charge in [0, 0.05) is 30.2 Å². The molecule has 1 aromatic rings. The van der Waals surface area contributed by atoms with Gasteiger partial charge in [0.05, 0.1) is 0 Å². The molecule has 7 heteroatoms. The zero-order valence-corrected chi connectivity index (χ0v) is 21.4. The molecule has 1 saturated carbocycles. The lowest BCUT2D eigenvalue weighted by molar-refractivity contribution is -0.133. The molecule has 0 bridgehead atoms. The number of hydrogen-bond acceptors (Lipinski definition) is 5. The van der Waals surface area contributed by atoms with Crippen molar-refractivity contribution in [2.24, 2.45) is 5.92 Å². The molecule has 2 amide bonds. The highest BCUT2D eigenvalue weighted by Gasteiger charge is 2.42. The van der Waals surface area contributed by atoms with E-state index in [1.807, 2.05) is 20.8 Å². The third-order valence-electron chi connectivity index (χ3n) is 7.41. The fraction of sp³-hybridized carbons (Fsp3) is 0.769. The molecule has 1 aliphatic heterocycles. The van der Waals surface area contributed by atoms with E-state index >= 15 is 0 Å². The average Bonchev–Trinajstić information content (AvgIpc) is 3.14. The van der Waals surface area contributed by atoms with E-state index in [9.17, 15) is 9.59 Å². The van der Waals surface area contributed by atoms with E-state index in [0.717, 1.165) is 51.7 Å². The number of nitrogens with zero attached hydrogens (tertiary/aromatic N) is 4. The van der Waals surface area contributed by atoms with Crippen molar-refractivity contribution in [2.75, 3.05) is 19.6 Å². The minimum absolute atomic E-state index is 0.0702. The summed E-state index contributed by atoms with van der Waals surface area (Å²) in [5.74, 6) is 0.935. The van der Waals surface area contributed by atoms with Gasteiger partial charge in [0.1, 0.15) is 17.6 Å². The number of rotatable bonds is 8. The standard InChI is InChI=1S/C26H43N5O2/c1-7-10-18-17-19(30(8-2)9-3)11-12-22(18)31-16-14-21(24(31)33)28-23(32)20-13-15-27-25(29-20)26(4,5)6/h13,15,18-19,21-22H,7-12,14,16-17H2,1-6H3,(H,28,32)/t18-,19-,21+,22+/m1/s1. The highest BCUT2D eigenvalue weighted by Crippen LogP contribution is 2.36. The minimum atomic E-state index is -0.465. The summed E-state index contributed by atoms with van der Waals surface area (Å²) in [6.07, 6.45) is 7.93. The number of carbonyl (C=O) groups is 2. The van der Waals surface area contributed by atoms with Gasteiger partial charge in [-0.2, -0.15) is 0 Å². The van der Waals surface area contributed by atoms with Crippen molar-refractivity contribution >= 4 is 11.8 Å². The number of amides is 2. The average molecular weight is 458 g/mol. The lowest BCUT2D eigenvalue weighted by atomic mass is 9.78. The molecule has 1 aliphatic carbocycles. The van der Waals surface area contributed by atoms with Crippen LogP contribution in [-0.4, -0.2) is 69.3 Å². The van der Waals surface area contributed by atoms with E-state index in [1.165, 1.54) is 0 Å². The first-order valence-electron chi connectivity index (χ1n) is 12.9. The Morgan fingerprint density at radius 1 is 1.18 bits per heavy atom. The zero-order valence-electron chi connectivity index (χ0n) is 21.4. The van der Waals surface area contributed by atoms with E-state index in [-0.39, 0.29) is 23.3 Å². The van der Waals surface area contributed by atoms with Gasteiger partial charge in [-0.15, -0.1) is 0 Å². The smallest absolute Gasteiger partial charge is 0.270 e. The summed E-state index contributed by atoms with van der Waals surface area (Å²) in [6, 6.07) is 2.06. The van der Waals surface area contributed by atoms with Crippen LogP contribution in [0.2, 0.25) is 0 Å². The summed E-state index contributed by atoms with van der Waals surface area (Å²) >= 11 is 0. The van der Waals surface area contributed by atoms with Gasteiger partial charge in [0.25, 0.3) is 5.91 Å². The van der Waals surface area contributed by atoms with Crippen LogP contribution in [0.1, 0.15) is 96.4 Å². The molecule has 0 aromatic carbocycles. The molecule has 2 aliphatic rings. The number of hydrogen-bond donors (Lipinski definition) is 1. The fourth-order valence-electron chi connectivity index (χ4n) is 5.63. The van der Waals surface area contributed by atoms with Crippen molar-refractivity contribution in [3.63, 3.8) is 0 Å². The van der Waals surface area contributed by atoms with Crippen molar-refractivity contribution in [3.8, 4) is 0 Å². The van der Waals surface area contributed by atoms with Crippen LogP contribution < -0.4 is 5.32 Å². The molecular formula is C26H43N5O2. The van der Waals surface area contributed by atoms with E-state index in [0.29, 0.717) is 29.9 Å². The molecule has 0 radical (unpaired) electrons. The van der Waals surface area contributed by atoms with Crippen molar-refractivity contribution in [1.82, 2.24) is 25.1 Å². The number of nitrogens with one attached hydrogen (secondary N) is 1. The molecule has 1 saturated heterocycles. The van der Waals surface area contributed by atoms with Gasteiger partial charge in [0.2, 0.25) is 5.91 Å². The molecule has 1 aromatic heterocycles. The van der Waals surface area contributed by atoms with Crippen LogP contribution in [0.3, 0.4) is 0 Å². The zero-order chi connectivity index (χ0) is 24.2. The van der Waals surface area contributed by atoms with Gasteiger partial charge in [-0.1, -0.05) is 48.0 Å². The fourth-order valence-corrected chi connectivity index (χ4v) is 5.63. The lowest BCUT2D eigenvalue weighted by Gasteiger charge is -2.44. The summed E-state index contributed by atoms with van der Waals surface area (Å²) in [7, 11) is 0. The largest absolute Gasteiger partial charge is 0.339 e. The second kappa shape index (κ2) is 10.9. The summed E-state index contributed by atoms with van der Waals surface area (Å²) < 4.78 is 0. The Labute approximate surface area is 199 Å². The number of aromatic nitrogens is 2. The number of carbonyl (C=O) groups excluding carboxylic acids is 2. The molecule has 7 nitrogen and oxygen atoms in total. The maximum atomic E-state index is 13.3. The quantitative estimate of drug-likeness (QED) is 0.643. The third kappa shape index (κ3) is 5.92. The molecule has 0 unspecified atom stereocenters. The molecule has 184 valence electrons. The summed E-state index contributed by atoms with van der Waals surface area (Å²) in [5.41, 5.74) is 0.0823. The van der Waals surface area contributed by atoms with Gasteiger partial charge in [-0.25, -0.2) is 9.97 Å². The molecule has 3 rings (SSSR count). The highest BCUT2D eigenvalue weighted by atomic mass is 16.2. The molecule has 1 N–H and O–H groups in total. The van der Waals surface area contributed by atoms with Crippen molar-refractivity contribution < 1.29 is 9.59 Å². The SMILES string of the molecule is CCC[C@@H]1C[C@H](N(CC)CC)CC[C@@H]1N1CC[C@H](NC(=O)c2ccnc(C(C)(C)C)n2)C1=O. The van der Waals surface area contributed by atoms with E-state index < -0.39 is 6.04 Å². The molecule has 2 heterocycles. The molecule has 0 spiro atoms.